The maximum Gasteiger partial charge on any atom is 0.469 e. The van der Waals surface area contributed by atoms with Crippen LogP contribution in [0.15, 0.2) is 0 Å². The summed E-state index contributed by atoms with van der Waals surface area (Å²) < 4.78 is 20.2. The molecule has 3 atom stereocenters. The summed E-state index contributed by atoms with van der Waals surface area (Å²) in [4.78, 5) is 41.1. The Balaban J connectivity index is 0.00000220. The molecule has 2 saturated heterocycles. The van der Waals surface area contributed by atoms with E-state index in [9.17, 15) is 19.3 Å². The minimum Gasteiger partial charge on any atom is -0.390 e. The summed E-state index contributed by atoms with van der Waals surface area (Å²) >= 11 is 0. The van der Waals surface area contributed by atoms with Crippen molar-refractivity contribution >= 4 is 49.3 Å². The number of nitrogens with zero attached hydrogens (tertiary/aromatic N) is 1. The van der Waals surface area contributed by atoms with Gasteiger partial charge < -0.3 is 19.6 Å². The molecule has 0 aromatic heterocycles. The van der Waals surface area contributed by atoms with Gasteiger partial charge in [-0.2, -0.15) is 0 Å². The fourth-order valence-corrected chi connectivity index (χ4v) is 2.42. The maximum atomic E-state index is 11.6. The Kier molecular flexibility index (Phi) is 6.79. The zero-order valence-electron chi connectivity index (χ0n) is 11.3. The van der Waals surface area contributed by atoms with E-state index in [0.29, 0.717) is 0 Å². The van der Waals surface area contributed by atoms with Gasteiger partial charge in [0.05, 0.1) is 12.7 Å². The number of carbonyl (C=O) groups is 2. The molecule has 3 unspecified atom stereocenters. The number of phosphoric acid groups is 1. The fraction of sp³-hybridized carbons (Fsp3) is 0.778. The van der Waals surface area contributed by atoms with Gasteiger partial charge in [0.25, 0.3) is 0 Å². The normalized spacial score (nSPS) is 30.0. The van der Waals surface area contributed by atoms with Gasteiger partial charge in [0.2, 0.25) is 5.91 Å². The summed E-state index contributed by atoms with van der Waals surface area (Å²) in [7, 11) is -4.65. The molecule has 0 saturated carbocycles. The number of aliphatic hydroxyl groups is 1. The number of rotatable bonds is 4. The second-order valence-electron chi connectivity index (χ2n) is 4.52. The van der Waals surface area contributed by atoms with E-state index in [2.05, 4.69) is 9.84 Å². The third kappa shape index (κ3) is 5.27. The monoisotopic (exact) mass is 333 g/mol. The summed E-state index contributed by atoms with van der Waals surface area (Å²) in [6, 6.07) is -0.616. The Morgan fingerprint density at radius 1 is 1.43 bits per heavy atom. The summed E-state index contributed by atoms with van der Waals surface area (Å²) in [5.74, 6) is -0.383. The quantitative estimate of drug-likeness (QED) is 0.346. The van der Waals surface area contributed by atoms with E-state index in [4.69, 9.17) is 14.5 Å². The first kappa shape index (κ1) is 19.0. The van der Waals surface area contributed by atoms with Crippen molar-refractivity contribution in [3.8, 4) is 0 Å². The molecule has 0 aliphatic carbocycles. The molecule has 0 aromatic carbocycles. The van der Waals surface area contributed by atoms with E-state index in [0.717, 1.165) is 0 Å². The second kappa shape index (κ2) is 7.49. The fourth-order valence-electron chi connectivity index (χ4n) is 2.08. The zero-order valence-corrected chi connectivity index (χ0v) is 14.2. The third-order valence-electron chi connectivity index (χ3n) is 3.05. The number of ether oxygens (including phenoxy) is 1. The molecule has 0 aromatic rings. The van der Waals surface area contributed by atoms with Crippen LogP contribution in [0.2, 0.25) is 0 Å². The number of phosphoric ester groups is 1. The smallest absolute Gasteiger partial charge is 0.390 e. The number of carbonyl (C=O) groups excluding carboxylic acids is 2. The van der Waals surface area contributed by atoms with Gasteiger partial charge >= 0.3 is 13.9 Å². The van der Waals surface area contributed by atoms with Gasteiger partial charge in [-0.25, -0.2) is 9.36 Å². The van der Waals surface area contributed by atoms with Crippen LogP contribution in [-0.4, -0.2) is 92.9 Å². The van der Waals surface area contributed by atoms with Crippen LogP contribution in [-0.2, 0) is 18.6 Å². The van der Waals surface area contributed by atoms with Crippen molar-refractivity contribution in [1.29, 1.82) is 0 Å². The van der Waals surface area contributed by atoms with E-state index in [1.807, 2.05) is 0 Å². The van der Waals surface area contributed by atoms with Gasteiger partial charge in [-0.3, -0.25) is 19.5 Å². The summed E-state index contributed by atoms with van der Waals surface area (Å²) in [5.41, 5.74) is 0. The van der Waals surface area contributed by atoms with Crippen LogP contribution in [0.4, 0.5) is 4.79 Å². The number of aliphatic hydroxyl groups excluding tert-OH is 1. The van der Waals surface area contributed by atoms with Crippen molar-refractivity contribution in [3.63, 3.8) is 0 Å². The largest absolute Gasteiger partial charge is 0.469 e. The molecule has 115 valence electrons. The Morgan fingerprint density at radius 3 is 2.67 bits per heavy atom. The van der Waals surface area contributed by atoms with Crippen molar-refractivity contribution in [2.75, 3.05) is 13.2 Å². The molecule has 12 heteroatoms. The van der Waals surface area contributed by atoms with Crippen LogP contribution in [0.3, 0.4) is 0 Å². The molecule has 4 N–H and O–H groups in total. The van der Waals surface area contributed by atoms with Crippen molar-refractivity contribution < 1.29 is 38.3 Å². The molecule has 21 heavy (non-hydrogen) atoms. The van der Waals surface area contributed by atoms with Crippen LogP contribution < -0.4 is 5.32 Å². The van der Waals surface area contributed by atoms with Gasteiger partial charge in [-0.1, -0.05) is 0 Å². The first-order chi connectivity index (χ1) is 9.26. The Labute approximate surface area is 142 Å². The molecule has 2 heterocycles. The number of amides is 3. The first-order valence-electron chi connectivity index (χ1n) is 5.90. The Bertz CT molecular complexity index is 457. The van der Waals surface area contributed by atoms with Gasteiger partial charge in [-0.05, 0) is 0 Å². The van der Waals surface area contributed by atoms with Crippen molar-refractivity contribution in [2.45, 2.75) is 31.3 Å². The minimum atomic E-state index is -4.65. The topological polar surface area (TPSA) is 146 Å². The molecular weight excluding hydrogens is 318 g/mol. The van der Waals surface area contributed by atoms with E-state index >= 15 is 0 Å². The molecule has 2 aliphatic heterocycles. The standard InChI is InChI=1S/C9H15N2O8P.Na/c12-5-3-8(11-2-1-7(13)10-9(11)14)19-6(5)4-18-20(15,16)17;/h5-6,8,12H,1-4H2,(H,10,13,14)(H2,15,16,17);. The maximum absolute atomic E-state index is 11.6. The Hall–Kier alpha value is -0.0300. The molecular formula is C9H15N2NaO8P. The molecule has 10 nitrogen and oxygen atoms in total. The molecule has 2 fully saturated rings. The predicted octanol–water partition coefficient (Wildman–Crippen LogP) is -1.87. The molecule has 2 rings (SSSR count). The summed E-state index contributed by atoms with van der Waals surface area (Å²) in [5, 5.41) is 11.9. The molecule has 1 radical (unpaired) electrons. The number of imide groups is 1. The van der Waals surface area contributed by atoms with E-state index in [1.165, 1.54) is 4.90 Å². The predicted molar refractivity (Wildman–Crippen MR) is 67.9 cm³/mol. The van der Waals surface area contributed by atoms with Crippen molar-refractivity contribution in [3.05, 3.63) is 0 Å². The third-order valence-corrected chi connectivity index (χ3v) is 3.53. The van der Waals surface area contributed by atoms with Crippen LogP contribution >= 0.6 is 7.82 Å². The molecule has 2 aliphatic rings. The molecule has 3 amide bonds. The summed E-state index contributed by atoms with van der Waals surface area (Å²) in [6.07, 6.45) is -2.51. The van der Waals surface area contributed by atoms with Crippen molar-refractivity contribution in [2.24, 2.45) is 0 Å². The Morgan fingerprint density at radius 2 is 2.10 bits per heavy atom. The van der Waals surface area contributed by atoms with Crippen LogP contribution in [0.5, 0.6) is 0 Å². The average molecular weight is 333 g/mol. The van der Waals surface area contributed by atoms with E-state index in [1.54, 1.807) is 0 Å². The SMILES string of the molecule is O=C1CCN(C2CC(O)C(COP(=O)(O)O)O2)C(=O)N1.[Na]. The van der Waals surface area contributed by atoms with Crippen LogP contribution in [0.25, 0.3) is 0 Å². The van der Waals surface area contributed by atoms with Gasteiger partial charge in [0, 0.05) is 48.9 Å². The van der Waals surface area contributed by atoms with E-state index in [-0.39, 0.29) is 54.9 Å². The number of nitrogens with one attached hydrogen (secondary N) is 1. The van der Waals surface area contributed by atoms with Crippen molar-refractivity contribution in [1.82, 2.24) is 10.2 Å². The van der Waals surface area contributed by atoms with E-state index < -0.39 is 38.9 Å². The minimum absolute atomic E-state index is 0. The van der Waals surface area contributed by atoms with Gasteiger partial charge in [-0.15, -0.1) is 0 Å². The second-order valence-corrected chi connectivity index (χ2v) is 5.75. The number of hydrogen-bond donors (Lipinski definition) is 4. The van der Waals surface area contributed by atoms with Crippen LogP contribution in [0, 0.1) is 0 Å². The summed E-state index contributed by atoms with van der Waals surface area (Å²) in [6.45, 7) is -0.329. The van der Waals surface area contributed by atoms with Crippen LogP contribution in [0.1, 0.15) is 12.8 Å². The molecule has 0 spiro atoms. The number of urea groups is 1. The molecule has 0 bridgehead atoms. The first-order valence-corrected chi connectivity index (χ1v) is 7.43. The average Bonchev–Trinajstić information content (AvgIpc) is 2.67. The van der Waals surface area contributed by atoms with Gasteiger partial charge in [0.15, 0.2) is 0 Å². The number of hydrogen-bond acceptors (Lipinski definition) is 6. The zero-order chi connectivity index (χ0) is 14.9. The van der Waals surface area contributed by atoms with Gasteiger partial charge in [0.1, 0.15) is 12.3 Å².